The van der Waals surface area contributed by atoms with Crippen molar-refractivity contribution < 1.29 is 0 Å². The fourth-order valence-electron chi connectivity index (χ4n) is 1.98. The molecule has 0 bridgehead atoms. The van der Waals surface area contributed by atoms with E-state index in [1.165, 1.54) is 12.0 Å². The number of hydrogen-bond acceptors (Lipinski definition) is 3. The second-order valence-electron chi connectivity index (χ2n) is 5.01. The molecule has 0 fully saturated rings. The van der Waals surface area contributed by atoms with Crippen LogP contribution in [0.15, 0.2) is 29.3 Å². The molecule has 0 saturated carbocycles. The molecule has 0 radical (unpaired) electrons. The van der Waals surface area contributed by atoms with Crippen LogP contribution in [0.4, 0.5) is 5.69 Å². The summed E-state index contributed by atoms with van der Waals surface area (Å²) < 4.78 is 0. The number of amidine groups is 1. The molecule has 2 nitrogen and oxygen atoms in total. The highest BCUT2D eigenvalue weighted by Crippen LogP contribution is 2.27. The van der Waals surface area contributed by atoms with Crippen LogP contribution in [0.5, 0.6) is 0 Å². The Morgan fingerprint density at radius 2 is 2.29 bits per heavy atom. The molecule has 1 aromatic rings. The summed E-state index contributed by atoms with van der Waals surface area (Å²) in [6.07, 6.45) is 1.24. The lowest BCUT2D eigenvalue weighted by molar-refractivity contribution is 0.575. The summed E-state index contributed by atoms with van der Waals surface area (Å²) in [7, 11) is 0. The van der Waals surface area contributed by atoms with Crippen molar-refractivity contribution in [3.05, 3.63) is 29.8 Å². The maximum Gasteiger partial charge on any atom is 0.161 e. The summed E-state index contributed by atoms with van der Waals surface area (Å²) in [5.74, 6) is 0.751. The van der Waals surface area contributed by atoms with E-state index < -0.39 is 0 Å². The molecule has 1 heterocycles. The van der Waals surface area contributed by atoms with E-state index in [-0.39, 0.29) is 0 Å². The lowest BCUT2D eigenvalue weighted by Crippen LogP contribution is -2.09. The Bertz CT molecular complexity index is 412. The third-order valence-corrected chi connectivity index (χ3v) is 3.85. The smallest absolute Gasteiger partial charge is 0.161 e. The molecular weight excluding hydrogens is 228 g/mol. The Morgan fingerprint density at radius 1 is 1.47 bits per heavy atom. The molecule has 1 aliphatic rings. The average molecular weight is 248 g/mol. The van der Waals surface area contributed by atoms with Gasteiger partial charge in [0.2, 0.25) is 0 Å². The zero-order valence-corrected chi connectivity index (χ0v) is 11.6. The van der Waals surface area contributed by atoms with Gasteiger partial charge in [0.25, 0.3) is 0 Å². The van der Waals surface area contributed by atoms with Crippen molar-refractivity contribution in [2.45, 2.75) is 32.4 Å². The van der Waals surface area contributed by atoms with E-state index in [0.717, 1.165) is 23.3 Å². The Kier molecular flexibility index (Phi) is 4.11. The quantitative estimate of drug-likeness (QED) is 0.876. The standard InChI is InChI=1S/C14H20N2S/c1-10(2)7-13-9-15-14(17-13)16-12-6-4-5-11(3)8-12/h4-6,8,10,13H,7,9H2,1-3H3,(H,15,16). The predicted octanol–water partition coefficient (Wildman–Crippen LogP) is 3.92. The zero-order valence-electron chi connectivity index (χ0n) is 10.7. The molecule has 92 valence electrons. The number of anilines is 1. The number of nitrogens with zero attached hydrogens (tertiary/aromatic N) is 1. The first-order chi connectivity index (χ1) is 8.13. The van der Waals surface area contributed by atoms with Crippen LogP contribution in [0, 0.1) is 12.8 Å². The third-order valence-electron chi connectivity index (χ3n) is 2.72. The van der Waals surface area contributed by atoms with E-state index in [9.17, 15) is 0 Å². The van der Waals surface area contributed by atoms with Gasteiger partial charge >= 0.3 is 0 Å². The van der Waals surface area contributed by atoms with Crippen molar-refractivity contribution >= 4 is 22.6 Å². The van der Waals surface area contributed by atoms with Crippen LogP contribution in [-0.2, 0) is 0 Å². The third kappa shape index (κ3) is 3.77. The first kappa shape index (κ1) is 12.5. The summed E-state index contributed by atoms with van der Waals surface area (Å²) in [5.41, 5.74) is 2.42. The molecule has 0 amide bonds. The largest absolute Gasteiger partial charge is 0.335 e. The lowest BCUT2D eigenvalue weighted by atomic mass is 10.1. The van der Waals surface area contributed by atoms with Crippen LogP contribution in [0.1, 0.15) is 25.8 Å². The minimum absolute atomic E-state index is 0.655. The van der Waals surface area contributed by atoms with Gasteiger partial charge in [-0.1, -0.05) is 37.7 Å². The molecule has 1 aliphatic heterocycles. The SMILES string of the molecule is Cc1cccc(NC2=NCC(CC(C)C)S2)c1. The normalized spacial score (nSPS) is 19.5. The van der Waals surface area contributed by atoms with Crippen molar-refractivity contribution in [3.8, 4) is 0 Å². The van der Waals surface area contributed by atoms with Crippen LogP contribution < -0.4 is 5.32 Å². The van der Waals surface area contributed by atoms with Crippen molar-refractivity contribution in [1.82, 2.24) is 0 Å². The van der Waals surface area contributed by atoms with Crippen molar-refractivity contribution in [2.24, 2.45) is 10.9 Å². The summed E-state index contributed by atoms with van der Waals surface area (Å²) in [4.78, 5) is 4.56. The number of thioether (sulfide) groups is 1. The summed E-state index contributed by atoms with van der Waals surface area (Å²) in [6, 6.07) is 8.42. The molecule has 3 heteroatoms. The second-order valence-corrected chi connectivity index (χ2v) is 6.30. The maximum absolute atomic E-state index is 4.56. The molecule has 0 aromatic heterocycles. The number of hydrogen-bond donors (Lipinski definition) is 1. The Labute approximate surface area is 108 Å². The van der Waals surface area contributed by atoms with Crippen LogP contribution in [0.3, 0.4) is 0 Å². The molecular formula is C14H20N2S. The zero-order chi connectivity index (χ0) is 12.3. The minimum atomic E-state index is 0.655. The first-order valence-electron chi connectivity index (χ1n) is 6.18. The molecule has 1 unspecified atom stereocenters. The number of aliphatic imine (C=N–C) groups is 1. The van der Waals surface area contributed by atoms with Crippen LogP contribution >= 0.6 is 11.8 Å². The van der Waals surface area contributed by atoms with Crippen LogP contribution in [0.2, 0.25) is 0 Å². The molecule has 1 atom stereocenters. The molecule has 0 aliphatic carbocycles. The molecule has 0 saturated heterocycles. The van der Waals surface area contributed by atoms with Crippen molar-refractivity contribution in [1.29, 1.82) is 0 Å². The van der Waals surface area contributed by atoms with Crippen LogP contribution in [0.25, 0.3) is 0 Å². The summed E-state index contributed by atoms with van der Waals surface area (Å²) in [5, 5.41) is 5.12. The second kappa shape index (κ2) is 5.58. The van der Waals surface area contributed by atoms with E-state index in [2.05, 4.69) is 55.3 Å². The summed E-state index contributed by atoms with van der Waals surface area (Å²) in [6.45, 7) is 7.60. The number of nitrogens with one attached hydrogen (secondary N) is 1. The molecule has 1 N–H and O–H groups in total. The van der Waals surface area contributed by atoms with Gasteiger partial charge in [0.1, 0.15) is 0 Å². The van der Waals surface area contributed by atoms with Gasteiger partial charge in [0, 0.05) is 10.9 Å². The average Bonchev–Trinajstić information content (AvgIpc) is 2.64. The molecule has 0 spiro atoms. The Balaban J connectivity index is 1.89. The maximum atomic E-state index is 4.56. The van der Waals surface area contributed by atoms with Gasteiger partial charge in [-0.15, -0.1) is 0 Å². The predicted molar refractivity (Wildman–Crippen MR) is 77.9 cm³/mol. The minimum Gasteiger partial charge on any atom is -0.335 e. The van der Waals surface area contributed by atoms with E-state index in [0.29, 0.717) is 5.25 Å². The van der Waals surface area contributed by atoms with Gasteiger partial charge in [-0.3, -0.25) is 4.99 Å². The number of benzene rings is 1. The number of aryl methyl sites for hydroxylation is 1. The van der Waals surface area contributed by atoms with Crippen molar-refractivity contribution in [3.63, 3.8) is 0 Å². The van der Waals surface area contributed by atoms with Crippen LogP contribution in [-0.4, -0.2) is 17.0 Å². The van der Waals surface area contributed by atoms with E-state index in [1.807, 2.05) is 11.8 Å². The number of rotatable bonds is 3. The molecule has 17 heavy (non-hydrogen) atoms. The van der Waals surface area contributed by atoms with Gasteiger partial charge in [-0.25, -0.2) is 0 Å². The highest BCUT2D eigenvalue weighted by molar-refractivity contribution is 8.15. The first-order valence-corrected chi connectivity index (χ1v) is 7.06. The van der Waals surface area contributed by atoms with E-state index in [4.69, 9.17) is 0 Å². The van der Waals surface area contributed by atoms with E-state index in [1.54, 1.807) is 0 Å². The van der Waals surface area contributed by atoms with Gasteiger partial charge in [-0.05, 0) is 37.0 Å². The van der Waals surface area contributed by atoms with Gasteiger partial charge in [-0.2, -0.15) is 0 Å². The van der Waals surface area contributed by atoms with E-state index >= 15 is 0 Å². The Morgan fingerprint density at radius 3 is 3.00 bits per heavy atom. The van der Waals surface area contributed by atoms with Gasteiger partial charge in [0.05, 0.1) is 6.54 Å². The molecule has 1 aromatic carbocycles. The lowest BCUT2D eigenvalue weighted by Gasteiger charge is -2.11. The summed E-state index contributed by atoms with van der Waals surface area (Å²) >= 11 is 1.88. The van der Waals surface area contributed by atoms with Crippen molar-refractivity contribution in [2.75, 3.05) is 11.9 Å². The van der Waals surface area contributed by atoms with Gasteiger partial charge in [0.15, 0.2) is 5.17 Å². The monoisotopic (exact) mass is 248 g/mol. The molecule has 2 rings (SSSR count). The fourth-order valence-corrected chi connectivity index (χ4v) is 3.25. The topological polar surface area (TPSA) is 24.4 Å². The van der Waals surface area contributed by atoms with Gasteiger partial charge < -0.3 is 5.32 Å². The fraction of sp³-hybridized carbons (Fsp3) is 0.500. The highest BCUT2D eigenvalue weighted by Gasteiger charge is 2.20. The highest BCUT2D eigenvalue weighted by atomic mass is 32.2. The Hall–Kier alpha value is -0.960.